The van der Waals surface area contributed by atoms with E-state index in [0.717, 1.165) is 0 Å². The first-order chi connectivity index (χ1) is 12.8. The topological polar surface area (TPSA) is 161 Å². The van der Waals surface area contributed by atoms with Gasteiger partial charge in [0, 0.05) is 26.1 Å². The summed E-state index contributed by atoms with van der Waals surface area (Å²) in [6, 6.07) is 3.05. The van der Waals surface area contributed by atoms with Crippen LogP contribution in [0.5, 0.6) is 0 Å². The number of Topliss-reactive ketones (excluding diaryl/α,β-unsaturated/α-hetero) is 1. The molecule has 2 heterocycles. The summed E-state index contributed by atoms with van der Waals surface area (Å²) in [7, 11) is 1.49. The van der Waals surface area contributed by atoms with E-state index in [1.54, 1.807) is 0 Å². The Balaban J connectivity index is 2.14. The molecule has 0 saturated carbocycles. The van der Waals surface area contributed by atoms with Crippen LogP contribution in [0.4, 0.5) is 0 Å². The van der Waals surface area contributed by atoms with E-state index in [1.165, 1.54) is 41.2 Å². The molecule has 27 heavy (non-hydrogen) atoms. The van der Waals surface area contributed by atoms with Crippen molar-refractivity contribution in [1.82, 2.24) is 5.01 Å². The second kappa shape index (κ2) is 8.95. The molecule has 1 aromatic rings. The van der Waals surface area contributed by atoms with Crippen LogP contribution in [0, 0.1) is 4.91 Å². The largest absolute Gasteiger partial charge is 0.479 e. The number of carbonyl (C=O) groups excluding carboxylic acids is 1. The van der Waals surface area contributed by atoms with Gasteiger partial charge in [-0.05, 0) is 12.5 Å². The van der Waals surface area contributed by atoms with Gasteiger partial charge in [-0.25, -0.2) is 4.79 Å². The van der Waals surface area contributed by atoms with Crippen LogP contribution in [0.1, 0.15) is 29.4 Å². The van der Waals surface area contributed by atoms with Gasteiger partial charge in [-0.15, -0.1) is 4.91 Å². The molecule has 1 aliphatic heterocycles. The third-order valence-electron chi connectivity index (χ3n) is 4.29. The number of carboxylic acids is 1. The second-order valence-corrected chi connectivity index (χ2v) is 6.29. The molecular formula is C16H22N3O8+. The quantitative estimate of drug-likeness (QED) is 0.183. The average molecular weight is 384 g/mol. The highest BCUT2D eigenvalue weighted by molar-refractivity contribution is 5.95. The van der Waals surface area contributed by atoms with Crippen LogP contribution in [0.15, 0.2) is 29.8 Å². The third-order valence-corrected chi connectivity index (χ3v) is 4.29. The van der Waals surface area contributed by atoms with E-state index < -0.39 is 36.6 Å². The van der Waals surface area contributed by atoms with E-state index in [-0.39, 0.29) is 17.8 Å². The normalized spacial score (nSPS) is 27.8. The number of carbonyl (C=O) groups is 2. The molecule has 148 valence electrons. The Morgan fingerprint density at radius 1 is 1.26 bits per heavy atom. The van der Waals surface area contributed by atoms with Crippen molar-refractivity contribution in [2.75, 3.05) is 13.6 Å². The van der Waals surface area contributed by atoms with Crippen molar-refractivity contribution in [2.24, 2.45) is 5.29 Å². The Morgan fingerprint density at radius 3 is 2.59 bits per heavy atom. The maximum atomic E-state index is 12.3. The van der Waals surface area contributed by atoms with Gasteiger partial charge in [-0.1, -0.05) is 0 Å². The van der Waals surface area contributed by atoms with Gasteiger partial charge in [0.1, 0.15) is 12.2 Å². The summed E-state index contributed by atoms with van der Waals surface area (Å²) in [5.74, 6) is -1.72. The second-order valence-electron chi connectivity index (χ2n) is 6.29. The van der Waals surface area contributed by atoms with Gasteiger partial charge in [0.15, 0.2) is 30.4 Å². The minimum Gasteiger partial charge on any atom is -0.479 e. The Labute approximate surface area is 154 Å². The van der Waals surface area contributed by atoms with E-state index in [9.17, 15) is 29.8 Å². The number of nitrogens with zero attached hydrogens (tertiary/aromatic N) is 3. The molecule has 0 aromatic carbocycles. The Hall–Kier alpha value is -2.47. The Morgan fingerprint density at radius 2 is 1.96 bits per heavy atom. The van der Waals surface area contributed by atoms with Crippen molar-refractivity contribution in [2.45, 2.75) is 43.5 Å². The molecule has 0 amide bonds. The number of hydrogen-bond donors (Lipinski definition) is 4. The molecule has 1 aliphatic rings. The fraction of sp³-hybridized carbons (Fsp3) is 0.562. The van der Waals surface area contributed by atoms with E-state index in [1.807, 2.05) is 0 Å². The summed E-state index contributed by atoms with van der Waals surface area (Å²) >= 11 is 0. The molecule has 1 fully saturated rings. The monoisotopic (exact) mass is 384 g/mol. The standard InChI is InChI=1S/C16H21N3O8/c1-18(17-26)6-3-5-10(20)9-4-2-7-19(8-9)15-13(23)11(21)12(22)14(27-15)16(24)25/h2,4,7-8,11-15,21-23H,3,5-6H2,1H3/p+1/t11-,12+,13+,14+,15-/m1/s1. The lowest BCUT2D eigenvalue weighted by Gasteiger charge is -2.35. The molecule has 0 radical (unpaired) electrons. The predicted octanol–water partition coefficient (Wildman–Crippen LogP) is -1.39. The van der Waals surface area contributed by atoms with Crippen LogP contribution < -0.4 is 4.57 Å². The minimum atomic E-state index is -1.79. The van der Waals surface area contributed by atoms with Crippen LogP contribution in [-0.2, 0) is 9.53 Å². The van der Waals surface area contributed by atoms with Crippen LogP contribution in [-0.4, -0.2) is 75.2 Å². The van der Waals surface area contributed by atoms with Crippen molar-refractivity contribution < 1.29 is 39.3 Å². The number of aliphatic carboxylic acids is 1. The number of ketones is 1. The van der Waals surface area contributed by atoms with Crippen LogP contribution >= 0.6 is 0 Å². The summed E-state index contributed by atoms with van der Waals surface area (Å²) in [4.78, 5) is 33.8. The Bertz CT molecular complexity index is 700. The van der Waals surface area contributed by atoms with Gasteiger partial charge in [0.25, 0.3) is 6.23 Å². The lowest BCUT2D eigenvalue weighted by atomic mass is 9.97. The summed E-state index contributed by atoms with van der Waals surface area (Å²) < 4.78 is 6.49. The number of nitroso groups, excluding NO2 is 1. The number of carboxylic acid groups (broad SMARTS) is 1. The fourth-order valence-electron chi connectivity index (χ4n) is 2.78. The highest BCUT2D eigenvalue weighted by Crippen LogP contribution is 2.25. The zero-order valence-electron chi connectivity index (χ0n) is 14.6. The van der Waals surface area contributed by atoms with Crippen LogP contribution in [0.2, 0.25) is 0 Å². The maximum absolute atomic E-state index is 12.3. The van der Waals surface area contributed by atoms with E-state index in [0.29, 0.717) is 13.0 Å². The number of pyridine rings is 1. The summed E-state index contributed by atoms with van der Waals surface area (Å²) in [5.41, 5.74) is 0.280. The van der Waals surface area contributed by atoms with E-state index in [4.69, 9.17) is 9.84 Å². The fourth-order valence-corrected chi connectivity index (χ4v) is 2.78. The van der Waals surface area contributed by atoms with E-state index >= 15 is 0 Å². The van der Waals surface area contributed by atoms with Gasteiger partial charge in [0.05, 0.1) is 10.8 Å². The van der Waals surface area contributed by atoms with Crippen LogP contribution in [0.25, 0.3) is 0 Å². The molecular weight excluding hydrogens is 362 g/mol. The zero-order valence-corrected chi connectivity index (χ0v) is 14.6. The first-order valence-electron chi connectivity index (χ1n) is 8.27. The third kappa shape index (κ3) is 4.83. The molecule has 11 heteroatoms. The first kappa shape index (κ1) is 20.8. The summed E-state index contributed by atoms with van der Waals surface area (Å²) in [6.07, 6.45) is -4.79. The van der Waals surface area contributed by atoms with Crippen molar-refractivity contribution in [3.05, 3.63) is 35.0 Å². The molecule has 5 atom stereocenters. The molecule has 0 bridgehead atoms. The molecule has 1 aromatic heterocycles. The van der Waals surface area contributed by atoms with Gasteiger partial charge < -0.3 is 25.2 Å². The molecule has 2 rings (SSSR count). The van der Waals surface area contributed by atoms with Gasteiger partial charge in [0.2, 0.25) is 0 Å². The van der Waals surface area contributed by atoms with Gasteiger partial charge >= 0.3 is 5.97 Å². The SMILES string of the molecule is CN(CCCC(=O)c1ccc[n+]([C@@H]2O[C@H](C(=O)O)[C@@H](O)[C@@H](O)[C@@H]2O)c1)N=O. The number of aliphatic hydroxyl groups is 3. The number of rotatable bonds is 8. The minimum absolute atomic E-state index is 0.150. The summed E-state index contributed by atoms with van der Waals surface area (Å²) in [5, 5.41) is 42.8. The zero-order chi connectivity index (χ0) is 20.1. The van der Waals surface area contributed by atoms with Crippen molar-refractivity contribution in [3.8, 4) is 0 Å². The van der Waals surface area contributed by atoms with Crippen molar-refractivity contribution in [1.29, 1.82) is 0 Å². The summed E-state index contributed by atoms with van der Waals surface area (Å²) in [6.45, 7) is 0.316. The molecule has 11 nitrogen and oxygen atoms in total. The highest BCUT2D eigenvalue weighted by atomic mass is 16.6. The smallest absolute Gasteiger partial charge is 0.335 e. The van der Waals surface area contributed by atoms with Gasteiger partial charge in [-0.2, -0.15) is 4.57 Å². The van der Waals surface area contributed by atoms with Crippen molar-refractivity contribution >= 4 is 11.8 Å². The van der Waals surface area contributed by atoms with E-state index in [2.05, 4.69) is 5.29 Å². The van der Waals surface area contributed by atoms with Crippen molar-refractivity contribution in [3.63, 3.8) is 0 Å². The number of aliphatic hydroxyl groups excluding tert-OH is 3. The van der Waals surface area contributed by atoms with Gasteiger partial charge in [-0.3, -0.25) is 9.80 Å². The average Bonchev–Trinajstić information content (AvgIpc) is 2.65. The Kier molecular flexibility index (Phi) is 6.91. The molecule has 4 N–H and O–H groups in total. The lowest BCUT2D eigenvalue weighted by Crippen LogP contribution is -2.63. The molecule has 1 saturated heterocycles. The first-order valence-corrected chi connectivity index (χ1v) is 8.27. The number of aromatic nitrogens is 1. The number of ether oxygens (including phenoxy) is 1. The lowest BCUT2D eigenvalue weighted by molar-refractivity contribution is -0.777. The molecule has 0 aliphatic carbocycles. The molecule has 0 spiro atoms. The highest BCUT2D eigenvalue weighted by Gasteiger charge is 2.51. The molecule has 0 unspecified atom stereocenters. The van der Waals surface area contributed by atoms with Crippen LogP contribution in [0.3, 0.4) is 0 Å². The number of hydrogen-bond acceptors (Lipinski definition) is 8. The maximum Gasteiger partial charge on any atom is 0.335 e. The predicted molar refractivity (Wildman–Crippen MR) is 88.2 cm³/mol.